The Morgan fingerprint density at radius 2 is 2.24 bits per heavy atom. The van der Waals surface area contributed by atoms with Crippen LogP contribution in [-0.4, -0.2) is 28.4 Å². The maximum absolute atomic E-state index is 11.4. The third kappa shape index (κ3) is 2.90. The van der Waals surface area contributed by atoms with Crippen LogP contribution in [0.5, 0.6) is 0 Å². The molecular formula is C15H14N4O2. The molecule has 21 heavy (non-hydrogen) atoms. The van der Waals surface area contributed by atoms with Crippen LogP contribution in [-0.2, 0) is 0 Å². The third-order valence-corrected chi connectivity index (χ3v) is 3.27. The van der Waals surface area contributed by atoms with Gasteiger partial charge in [0.15, 0.2) is 0 Å². The van der Waals surface area contributed by atoms with E-state index in [-0.39, 0.29) is 6.04 Å². The largest absolute Gasteiger partial charge is 0.378 e. The SMILES string of the molecule is O=C(NO)c1cnc2cc(NC3C=CN=CC3)ccc2c1. The zero-order valence-electron chi connectivity index (χ0n) is 11.2. The molecule has 0 saturated carbocycles. The van der Waals surface area contributed by atoms with Crippen LogP contribution < -0.4 is 10.8 Å². The molecule has 0 saturated heterocycles. The van der Waals surface area contributed by atoms with E-state index in [1.54, 1.807) is 17.7 Å². The molecule has 0 aliphatic carbocycles. The van der Waals surface area contributed by atoms with Crippen LogP contribution >= 0.6 is 0 Å². The highest BCUT2D eigenvalue weighted by molar-refractivity contribution is 5.97. The lowest BCUT2D eigenvalue weighted by Gasteiger charge is -2.16. The van der Waals surface area contributed by atoms with Crippen LogP contribution in [0.1, 0.15) is 16.8 Å². The monoisotopic (exact) mass is 282 g/mol. The average molecular weight is 282 g/mol. The number of fused-ring (bicyclic) bond motifs is 1. The van der Waals surface area contributed by atoms with E-state index < -0.39 is 5.91 Å². The maximum atomic E-state index is 11.4. The van der Waals surface area contributed by atoms with Gasteiger partial charge in [0.05, 0.1) is 17.1 Å². The van der Waals surface area contributed by atoms with Crippen molar-refractivity contribution in [3.63, 3.8) is 0 Å². The second kappa shape index (κ2) is 5.72. The summed E-state index contributed by atoms with van der Waals surface area (Å²) >= 11 is 0. The van der Waals surface area contributed by atoms with Gasteiger partial charge < -0.3 is 5.32 Å². The zero-order chi connectivity index (χ0) is 14.7. The topological polar surface area (TPSA) is 86.6 Å². The van der Waals surface area contributed by atoms with Gasteiger partial charge in [-0.25, -0.2) is 5.48 Å². The molecule has 0 bridgehead atoms. The second-order valence-electron chi connectivity index (χ2n) is 4.73. The van der Waals surface area contributed by atoms with E-state index >= 15 is 0 Å². The van der Waals surface area contributed by atoms with Crippen LogP contribution in [0, 0.1) is 0 Å². The molecule has 0 fully saturated rings. The predicted octanol–water partition coefficient (Wildman–Crippen LogP) is 2.12. The molecule has 1 aliphatic rings. The van der Waals surface area contributed by atoms with Crippen molar-refractivity contribution in [2.24, 2.45) is 4.99 Å². The first-order valence-electron chi connectivity index (χ1n) is 6.55. The normalized spacial score (nSPS) is 16.9. The number of aliphatic imine (C=N–C) groups is 1. The highest BCUT2D eigenvalue weighted by atomic mass is 16.5. The minimum atomic E-state index is -0.571. The predicted molar refractivity (Wildman–Crippen MR) is 80.7 cm³/mol. The van der Waals surface area contributed by atoms with E-state index in [9.17, 15) is 4.79 Å². The van der Waals surface area contributed by atoms with Crippen molar-refractivity contribution in [3.05, 3.63) is 48.3 Å². The van der Waals surface area contributed by atoms with Crippen molar-refractivity contribution in [2.45, 2.75) is 12.5 Å². The van der Waals surface area contributed by atoms with Gasteiger partial charge >= 0.3 is 0 Å². The molecule has 1 aliphatic heterocycles. The zero-order valence-corrected chi connectivity index (χ0v) is 11.2. The van der Waals surface area contributed by atoms with Crippen LogP contribution in [0.3, 0.4) is 0 Å². The summed E-state index contributed by atoms with van der Waals surface area (Å²) < 4.78 is 0. The number of aromatic nitrogens is 1. The second-order valence-corrected chi connectivity index (χ2v) is 4.73. The Balaban J connectivity index is 1.85. The molecule has 0 spiro atoms. The minimum absolute atomic E-state index is 0.222. The highest BCUT2D eigenvalue weighted by Crippen LogP contribution is 2.20. The fourth-order valence-electron chi connectivity index (χ4n) is 2.19. The summed E-state index contributed by atoms with van der Waals surface area (Å²) in [5.74, 6) is -0.571. The van der Waals surface area contributed by atoms with E-state index in [1.807, 2.05) is 30.5 Å². The number of hydrogen-bond acceptors (Lipinski definition) is 5. The minimum Gasteiger partial charge on any atom is -0.378 e. The Morgan fingerprint density at radius 3 is 3.00 bits per heavy atom. The van der Waals surface area contributed by atoms with E-state index in [2.05, 4.69) is 15.3 Å². The van der Waals surface area contributed by atoms with Gasteiger partial charge in [-0.2, -0.15) is 0 Å². The lowest BCUT2D eigenvalue weighted by atomic mass is 10.1. The van der Waals surface area contributed by atoms with Crippen LogP contribution in [0.4, 0.5) is 5.69 Å². The van der Waals surface area contributed by atoms with Gasteiger partial charge in [0.1, 0.15) is 0 Å². The summed E-state index contributed by atoms with van der Waals surface area (Å²) in [6.45, 7) is 0. The number of nitrogens with zero attached hydrogens (tertiary/aromatic N) is 2. The third-order valence-electron chi connectivity index (χ3n) is 3.27. The molecule has 1 atom stereocenters. The summed E-state index contributed by atoms with van der Waals surface area (Å²) in [6.07, 6.45) is 7.94. The molecular weight excluding hydrogens is 268 g/mol. The van der Waals surface area contributed by atoms with E-state index in [4.69, 9.17) is 5.21 Å². The summed E-state index contributed by atoms with van der Waals surface area (Å²) in [4.78, 5) is 19.6. The smallest absolute Gasteiger partial charge is 0.276 e. The van der Waals surface area contributed by atoms with E-state index in [0.29, 0.717) is 5.56 Å². The van der Waals surface area contributed by atoms with Gasteiger partial charge in [0, 0.05) is 36.1 Å². The number of carbonyl (C=O) groups is 1. The lowest BCUT2D eigenvalue weighted by molar-refractivity contribution is 0.0706. The van der Waals surface area contributed by atoms with Gasteiger partial charge in [0.2, 0.25) is 0 Å². The average Bonchev–Trinajstić information content (AvgIpc) is 2.54. The van der Waals surface area contributed by atoms with Crippen molar-refractivity contribution in [2.75, 3.05) is 5.32 Å². The summed E-state index contributed by atoms with van der Waals surface area (Å²) in [6, 6.07) is 7.66. The Kier molecular flexibility index (Phi) is 3.61. The van der Waals surface area contributed by atoms with Crippen LogP contribution in [0.25, 0.3) is 10.9 Å². The fourth-order valence-corrected chi connectivity index (χ4v) is 2.19. The molecule has 1 unspecified atom stereocenters. The number of hydroxylamine groups is 1. The summed E-state index contributed by atoms with van der Waals surface area (Å²) in [5, 5.41) is 12.9. The molecule has 0 radical (unpaired) electrons. The molecule has 1 amide bonds. The number of benzene rings is 1. The Hall–Kier alpha value is -2.73. The molecule has 3 N–H and O–H groups in total. The molecule has 106 valence electrons. The number of carbonyl (C=O) groups excluding carboxylic acids is 1. The lowest BCUT2D eigenvalue weighted by Crippen LogP contribution is -2.19. The van der Waals surface area contributed by atoms with Gasteiger partial charge in [-0.3, -0.25) is 20.0 Å². The number of pyridine rings is 1. The van der Waals surface area contributed by atoms with Gasteiger partial charge in [-0.1, -0.05) is 6.07 Å². The molecule has 2 aromatic rings. The van der Waals surface area contributed by atoms with Crippen LogP contribution in [0.15, 0.2) is 47.7 Å². The highest BCUT2D eigenvalue weighted by Gasteiger charge is 2.08. The molecule has 3 rings (SSSR count). The fraction of sp³-hybridized carbons (Fsp3) is 0.133. The number of anilines is 1. The number of amides is 1. The van der Waals surface area contributed by atoms with E-state index in [0.717, 1.165) is 23.0 Å². The maximum Gasteiger partial charge on any atom is 0.276 e. The van der Waals surface area contributed by atoms with Crippen molar-refractivity contribution < 1.29 is 10.0 Å². The van der Waals surface area contributed by atoms with Crippen molar-refractivity contribution in [1.29, 1.82) is 0 Å². The summed E-state index contributed by atoms with van der Waals surface area (Å²) in [7, 11) is 0. The summed E-state index contributed by atoms with van der Waals surface area (Å²) in [5.41, 5.74) is 3.66. The first kappa shape index (κ1) is 13.3. The molecule has 1 aromatic carbocycles. The molecule has 6 heteroatoms. The van der Waals surface area contributed by atoms with Gasteiger partial charge in [-0.05, 0) is 24.3 Å². The van der Waals surface area contributed by atoms with Crippen LogP contribution in [0.2, 0.25) is 0 Å². The van der Waals surface area contributed by atoms with Crippen molar-refractivity contribution in [1.82, 2.24) is 10.5 Å². The Morgan fingerprint density at radius 1 is 1.33 bits per heavy atom. The standard InChI is InChI=1S/C15H14N4O2/c20-15(19-21)11-7-10-1-2-13(8-14(10)17-9-11)18-12-3-5-16-6-4-12/h1-3,5-9,12,18,21H,4H2,(H,19,20). The molecule has 1 aromatic heterocycles. The first-order chi connectivity index (χ1) is 10.3. The quantitative estimate of drug-likeness (QED) is 0.594. The first-order valence-corrected chi connectivity index (χ1v) is 6.55. The van der Waals surface area contributed by atoms with E-state index in [1.165, 1.54) is 6.20 Å². The van der Waals surface area contributed by atoms with Crippen molar-refractivity contribution >= 4 is 28.7 Å². The Labute approximate surface area is 121 Å². The number of nitrogens with one attached hydrogen (secondary N) is 2. The molecule has 2 heterocycles. The number of rotatable bonds is 3. The van der Waals surface area contributed by atoms with Crippen molar-refractivity contribution in [3.8, 4) is 0 Å². The van der Waals surface area contributed by atoms with Gasteiger partial charge in [-0.15, -0.1) is 0 Å². The Bertz CT molecular complexity index is 740. The molecule has 6 nitrogen and oxygen atoms in total. The van der Waals surface area contributed by atoms with Gasteiger partial charge in [0.25, 0.3) is 5.91 Å². The number of hydrogen-bond donors (Lipinski definition) is 3.